The van der Waals surface area contributed by atoms with E-state index in [0.717, 1.165) is 0 Å². The summed E-state index contributed by atoms with van der Waals surface area (Å²) >= 11 is 0. The van der Waals surface area contributed by atoms with E-state index in [-0.39, 0.29) is 5.41 Å². The van der Waals surface area contributed by atoms with E-state index in [9.17, 15) is 0 Å². The molecule has 0 nitrogen and oxygen atoms in total. The lowest BCUT2D eigenvalue weighted by Crippen LogP contribution is -2.19. The quantitative estimate of drug-likeness (QED) is 0.682. The molecule has 0 heteroatoms. The lowest BCUT2D eigenvalue weighted by atomic mass is 9.77. The van der Waals surface area contributed by atoms with Crippen LogP contribution in [0.15, 0.2) is 48.5 Å². The largest absolute Gasteiger partial charge is 0.0622 e. The maximum atomic E-state index is 2.35. The molecule has 2 aromatic carbocycles. The number of hydrogen-bond donors (Lipinski definition) is 0. The van der Waals surface area contributed by atoms with Crippen LogP contribution in [0.1, 0.15) is 55.9 Å². The fourth-order valence-corrected chi connectivity index (χ4v) is 2.73. The molecule has 0 N–H and O–H groups in total. The molecular weight excluding hydrogens is 228 g/mol. The van der Waals surface area contributed by atoms with Gasteiger partial charge in [0.25, 0.3) is 0 Å². The van der Waals surface area contributed by atoms with Crippen LogP contribution in [0, 0.1) is 6.92 Å². The topological polar surface area (TPSA) is 0 Å². The molecule has 0 aromatic heterocycles. The predicted octanol–water partition coefficient (Wildman–Crippen LogP) is 5.44. The molecular formula is C19H24. The minimum atomic E-state index is 0.0571. The predicted molar refractivity (Wildman–Crippen MR) is 83.8 cm³/mol. The zero-order chi connectivity index (χ0) is 14.0. The second kappa shape index (κ2) is 5.21. The van der Waals surface area contributed by atoms with E-state index in [1.807, 2.05) is 0 Å². The molecule has 0 spiro atoms. The van der Waals surface area contributed by atoms with Crippen molar-refractivity contribution in [3.05, 3.63) is 70.8 Å². The summed E-state index contributed by atoms with van der Waals surface area (Å²) < 4.78 is 0. The number of rotatable bonds is 3. The first-order valence-corrected chi connectivity index (χ1v) is 7.09. The van der Waals surface area contributed by atoms with Crippen molar-refractivity contribution in [1.29, 1.82) is 0 Å². The van der Waals surface area contributed by atoms with Gasteiger partial charge in [0.2, 0.25) is 0 Å². The van der Waals surface area contributed by atoms with Crippen molar-refractivity contribution in [3.8, 4) is 0 Å². The minimum absolute atomic E-state index is 0.0571. The van der Waals surface area contributed by atoms with Crippen molar-refractivity contribution in [2.75, 3.05) is 0 Å². The Hall–Kier alpha value is -1.56. The molecule has 2 rings (SSSR count). The number of benzene rings is 2. The maximum absolute atomic E-state index is 2.35. The van der Waals surface area contributed by atoms with Crippen molar-refractivity contribution in [2.24, 2.45) is 0 Å². The molecule has 0 saturated carbocycles. The van der Waals surface area contributed by atoms with Gasteiger partial charge >= 0.3 is 0 Å². The fraction of sp³-hybridized carbons (Fsp3) is 0.368. The Morgan fingerprint density at radius 2 is 1.47 bits per heavy atom. The normalized spacial score (nSPS) is 11.9. The highest BCUT2D eigenvalue weighted by molar-refractivity contribution is 5.42. The summed E-state index contributed by atoms with van der Waals surface area (Å²) in [6, 6.07) is 17.7. The molecule has 0 aliphatic rings. The molecule has 0 radical (unpaired) electrons. The van der Waals surface area contributed by atoms with E-state index in [2.05, 4.69) is 83.1 Å². The van der Waals surface area contributed by atoms with Crippen LogP contribution in [0.4, 0.5) is 0 Å². The van der Waals surface area contributed by atoms with Crippen molar-refractivity contribution in [2.45, 2.75) is 46.0 Å². The Balaban J connectivity index is 2.44. The van der Waals surface area contributed by atoms with Crippen LogP contribution in [-0.4, -0.2) is 0 Å². The molecule has 0 aliphatic carbocycles. The van der Waals surface area contributed by atoms with Crippen molar-refractivity contribution < 1.29 is 0 Å². The summed E-state index contributed by atoms with van der Waals surface area (Å²) in [4.78, 5) is 0. The molecule has 0 amide bonds. The average molecular weight is 252 g/mol. The molecule has 2 aromatic rings. The lowest BCUT2D eigenvalue weighted by molar-refractivity contribution is 0.639. The molecule has 0 bridgehead atoms. The molecule has 19 heavy (non-hydrogen) atoms. The van der Waals surface area contributed by atoms with Crippen LogP contribution in [0.3, 0.4) is 0 Å². The minimum Gasteiger partial charge on any atom is -0.0622 e. The van der Waals surface area contributed by atoms with Gasteiger partial charge in [-0.05, 0) is 35.1 Å². The van der Waals surface area contributed by atoms with Gasteiger partial charge in [-0.25, -0.2) is 0 Å². The van der Waals surface area contributed by atoms with Gasteiger partial charge in [0, 0.05) is 5.41 Å². The van der Waals surface area contributed by atoms with Crippen molar-refractivity contribution >= 4 is 0 Å². The first-order chi connectivity index (χ1) is 8.93. The molecule has 0 fully saturated rings. The summed E-state index contributed by atoms with van der Waals surface area (Å²) in [7, 11) is 0. The van der Waals surface area contributed by atoms with Gasteiger partial charge in [-0.15, -0.1) is 0 Å². The molecule has 100 valence electrons. The van der Waals surface area contributed by atoms with Crippen molar-refractivity contribution in [1.82, 2.24) is 0 Å². The van der Waals surface area contributed by atoms with E-state index in [1.165, 1.54) is 22.3 Å². The van der Waals surface area contributed by atoms with E-state index in [4.69, 9.17) is 0 Å². The summed E-state index contributed by atoms with van der Waals surface area (Å²) in [6.07, 6.45) is 0. The average Bonchev–Trinajstić information content (AvgIpc) is 2.39. The van der Waals surface area contributed by atoms with Gasteiger partial charge in [0.05, 0.1) is 0 Å². The molecule has 0 aliphatic heterocycles. The first kappa shape index (κ1) is 13.9. The highest BCUT2D eigenvalue weighted by Crippen LogP contribution is 2.33. The van der Waals surface area contributed by atoms with Crippen LogP contribution < -0.4 is 0 Å². The van der Waals surface area contributed by atoms with Gasteiger partial charge < -0.3 is 0 Å². The Morgan fingerprint density at radius 3 is 2.00 bits per heavy atom. The summed E-state index contributed by atoms with van der Waals surface area (Å²) in [5, 5.41) is 0. The third-order valence-corrected chi connectivity index (χ3v) is 4.11. The maximum Gasteiger partial charge on any atom is 0.0146 e. The van der Waals surface area contributed by atoms with Crippen LogP contribution >= 0.6 is 0 Å². The van der Waals surface area contributed by atoms with E-state index in [1.54, 1.807) is 0 Å². The summed E-state index contributed by atoms with van der Waals surface area (Å²) in [6.45, 7) is 11.3. The standard InChI is InChI=1S/C19H24/c1-14(2)18-12-11-17(13-15(18)3)19(4,5)16-9-7-6-8-10-16/h6-14H,1-5H3. The molecule has 0 atom stereocenters. The molecule has 0 heterocycles. The van der Waals surface area contributed by atoms with Gasteiger partial charge in [0.15, 0.2) is 0 Å². The Bertz CT molecular complexity index is 548. The summed E-state index contributed by atoms with van der Waals surface area (Å²) in [5.41, 5.74) is 5.66. The van der Waals surface area contributed by atoms with Crippen LogP contribution in [0.25, 0.3) is 0 Å². The highest BCUT2D eigenvalue weighted by atomic mass is 14.3. The second-order valence-electron chi connectivity index (χ2n) is 6.22. The smallest absolute Gasteiger partial charge is 0.0146 e. The zero-order valence-electron chi connectivity index (χ0n) is 12.7. The monoisotopic (exact) mass is 252 g/mol. The fourth-order valence-electron chi connectivity index (χ4n) is 2.73. The van der Waals surface area contributed by atoms with Gasteiger partial charge in [-0.1, -0.05) is 76.2 Å². The Kier molecular flexibility index (Phi) is 3.80. The second-order valence-corrected chi connectivity index (χ2v) is 6.22. The number of aryl methyl sites for hydroxylation is 1. The van der Waals surface area contributed by atoms with E-state index in [0.29, 0.717) is 5.92 Å². The van der Waals surface area contributed by atoms with Gasteiger partial charge in [-0.2, -0.15) is 0 Å². The van der Waals surface area contributed by atoms with E-state index < -0.39 is 0 Å². The van der Waals surface area contributed by atoms with E-state index >= 15 is 0 Å². The lowest BCUT2D eigenvalue weighted by Gasteiger charge is -2.27. The zero-order valence-corrected chi connectivity index (χ0v) is 12.7. The highest BCUT2D eigenvalue weighted by Gasteiger charge is 2.23. The van der Waals surface area contributed by atoms with Crippen LogP contribution in [0.2, 0.25) is 0 Å². The third-order valence-electron chi connectivity index (χ3n) is 4.11. The van der Waals surface area contributed by atoms with Crippen molar-refractivity contribution in [3.63, 3.8) is 0 Å². The third kappa shape index (κ3) is 2.73. The van der Waals surface area contributed by atoms with Gasteiger partial charge in [-0.3, -0.25) is 0 Å². The molecule has 0 saturated heterocycles. The first-order valence-electron chi connectivity index (χ1n) is 7.09. The Morgan fingerprint density at radius 1 is 0.842 bits per heavy atom. The summed E-state index contributed by atoms with van der Waals surface area (Å²) in [5.74, 6) is 0.592. The molecule has 0 unspecified atom stereocenters. The number of hydrogen-bond acceptors (Lipinski definition) is 0. The van der Waals surface area contributed by atoms with Crippen LogP contribution in [0.5, 0.6) is 0 Å². The Labute approximate surface area is 117 Å². The van der Waals surface area contributed by atoms with Crippen LogP contribution in [-0.2, 0) is 5.41 Å². The van der Waals surface area contributed by atoms with Gasteiger partial charge in [0.1, 0.15) is 0 Å². The SMILES string of the molecule is Cc1cc(C(C)(C)c2ccccc2)ccc1C(C)C.